The van der Waals surface area contributed by atoms with E-state index in [1.165, 1.54) is 43.5 Å². The maximum absolute atomic E-state index is 12.3. The Balaban J connectivity index is 2.25. The highest BCUT2D eigenvalue weighted by molar-refractivity contribution is 7.89. The summed E-state index contributed by atoms with van der Waals surface area (Å²) in [5, 5.41) is 7.57. The molecule has 0 atom stereocenters. The number of methoxy groups -OCH3 is 1. The van der Waals surface area contributed by atoms with E-state index in [2.05, 4.69) is 10.1 Å². The molecule has 0 aromatic heterocycles. The molecule has 0 aliphatic rings. The van der Waals surface area contributed by atoms with Gasteiger partial charge in [0.2, 0.25) is 10.0 Å². The number of hydrogen-bond acceptors (Lipinski definition) is 5. The Kier molecular flexibility index (Phi) is 4.77. The van der Waals surface area contributed by atoms with Gasteiger partial charge >= 0.3 is 5.97 Å². The summed E-state index contributed by atoms with van der Waals surface area (Å²) in [6.45, 7) is 0. The number of sulfonamides is 1. The SMILES string of the molecule is COC(=O)c1ccccc1C(=O)Nc1ccc(S(N)(=O)=O)cc1. The van der Waals surface area contributed by atoms with Crippen LogP contribution in [0.5, 0.6) is 0 Å². The number of anilines is 1. The van der Waals surface area contributed by atoms with E-state index in [-0.39, 0.29) is 16.0 Å². The van der Waals surface area contributed by atoms with Gasteiger partial charge in [0.1, 0.15) is 0 Å². The summed E-state index contributed by atoms with van der Waals surface area (Å²) in [5.74, 6) is -1.14. The van der Waals surface area contributed by atoms with Gasteiger partial charge in [-0.3, -0.25) is 4.79 Å². The van der Waals surface area contributed by atoms with Crippen LogP contribution in [-0.2, 0) is 14.8 Å². The molecule has 0 saturated heterocycles. The van der Waals surface area contributed by atoms with Crippen molar-refractivity contribution in [2.75, 3.05) is 12.4 Å². The highest BCUT2D eigenvalue weighted by Crippen LogP contribution is 2.16. The number of esters is 1. The number of ether oxygens (including phenoxy) is 1. The van der Waals surface area contributed by atoms with Crippen molar-refractivity contribution in [2.45, 2.75) is 4.90 Å². The number of amides is 1. The van der Waals surface area contributed by atoms with Crippen LogP contribution < -0.4 is 10.5 Å². The molecule has 0 fully saturated rings. The lowest BCUT2D eigenvalue weighted by Gasteiger charge is -2.09. The van der Waals surface area contributed by atoms with Crippen molar-refractivity contribution in [1.29, 1.82) is 0 Å². The molecule has 0 radical (unpaired) electrons. The van der Waals surface area contributed by atoms with Crippen molar-refractivity contribution in [2.24, 2.45) is 5.14 Å². The summed E-state index contributed by atoms with van der Waals surface area (Å²) in [4.78, 5) is 23.9. The predicted octanol–water partition coefficient (Wildman–Crippen LogP) is 1.37. The van der Waals surface area contributed by atoms with Gasteiger partial charge in [0.05, 0.1) is 23.1 Å². The summed E-state index contributed by atoms with van der Waals surface area (Å²) in [7, 11) is -2.57. The van der Waals surface area contributed by atoms with Crippen LogP contribution in [-0.4, -0.2) is 27.4 Å². The quantitative estimate of drug-likeness (QED) is 0.819. The maximum atomic E-state index is 12.3. The molecule has 0 aliphatic carbocycles. The number of hydrogen-bond donors (Lipinski definition) is 2. The van der Waals surface area contributed by atoms with Gasteiger partial charge in [-0.1, -0.05) is 12.1 Å². The van der Waals surface area contributed by atoms with Crippen LogP contribution in [0, 0.1) is 0 Å². The molecular formula is C15H14N2O5S. The molecule has 1 amide bonds. The Hall–Kier alpha value is -2.71. The standard InChI is InChI=1S/C15H14N2O5S/c1-22-15(19)13-5-3-2-4-12(13)14(18)17-10-6-8-11(9-7-10)23(16,20)21/h2-9H,1H3,(H,17,18)(H2,16,20,21). The first kappa shape index (κ1) is 16.7. The molecule has 2 aromatic carbocycles. The lowest BCUT2D eigenvalue weighted by atomic mass is 10.1. The molecule has 0 spiro atoms. The summed E-state index contributed by atoms with van der Waals surface area (Å²) in [5.41, 5.74) is 0.644. The third kappa shape index (κ3) is 3.93. The second-order valence-electron chi connectivity index (χ2n) is 4.56. The second-order valence-corrected chi connectivity index (χ2v) is 6.12. The number of nitrogens with two attached hydrogens (primary N) is 1. The molecule has 3 N–H and O–H groups in total. The largest absolute Gasteiger partial charge is 0.465 e. The van der Waals surface area contributed by atoms with E-state index in [0.717, 1.165) is 0 Å². The molecule has 0 aliphatic heterocycles. The van der Waals surface area contributed by atoms with Crippen molar-refractivity contribution >= 4 is 27.6 Å². The zero-order valence-corrected chi connectivity index (χ0v) is 13.0. The first-order valence-electron chi connectivity index (χ1n) is 6.44. The number of primary sulfonamides is 1. The van der Waals surface area contributed by atoms with E-state index in [1.54, 1.807) is 12.1 Å². The van der Waals surface area contributed by atoms with Gasteiger partial charge in [0, 0.05) is 5.69 Å². The lowest BCUT2D eigenvalue weighted by molar-refractivity contribution is 0.0597. The number of rotatable bonds is 4. The van der Waals surface area contributed by atoms with E-state index >= 15 is 0 Å². The summed E-state index contributed by atoms with van der Waals surface area (Å²) < 4.78 is 27.0. The van der Waals surface area contributed by atoms with Crippen LogP contribution in [0.4, 0.5) is 5.69 Å². The van der Waals surface area contributed by atoms with Crippen LogP contribution in [0.1, 0.15) is 20.7 Å². The summed E-state index contributed by atoms with van der Waals surface area (Å²) in [6.07, 6.45) is 0. The normalized spacial score (nSPS) is 10.9. The molecule has 0 bridgehead atoms. The zero-order chi connectivity index (χ0) is 17.0. The average molecular weight is 334 g/mol. The third-order valence-corrected chi connectivity index (χ3v) is 3.95. The Bertz CT molecular complexity index is 844. The Labute approximate surface area is 133 Å². The molecule has 7 nitrogen and oxygen atoms in total. The van der Waals surface area contributed by atoms with E-state index < -0.39 is 21.9 Å². The monoisotopic (exact) mass is 334 g/mol. The van der Waals surface area contributed by atoms with E-state index in [4.69, 9.17) is 5.14 Å². The van der Waals surface area contributed by atoms with E-state index in [9.17, 15) is 18.0 Å². The molecule has 8 heteroatoms. The fourth-order valence-corrected chi connectivity index (χ4v) is 2.41. The predicted molar refractivity (Wildman–Crippen MR) is 83.5 cm³/mol. The third-order valence-electron chi connectivity index (χ3n) is 3.02. The maximum Gasteiger partial charge on any atom is 0.338 e. The summed E-state index contributed by atoms with van der Waals surface area (Å²) >= 11 is 0. The average Bonchev–Trinajstić information content (AvgIpc) is 2.53. The lowest BCUT2D eigenvalue weighted by Crippen LogP contribution is -2.17. The number of nitrogens with one attached hydrogen (secondary N) is 1. The van der Waals surface area contributed by atoms with Gasteiger partial charge in [-0.2, -0.15) is 0 Å². The number of benzene rings is 2. The van der Waals surface area contributed by atoms with Crippen molar-refractivity contribution in [3.8, 4) is 0 Å². The van der Waals surface area contributed by atoms with Crippen LogP contribution in [0.3, 0.4) is 0 Å². The first-order chi connectivity index (χ1) is 10.8. The van der Waals surface area contributed by atoms with Gasteiger partial charge < -0.3 is 10.1 Å². The van der Waals surface area contributed by atoms with Gasteiger partial charge in [-0.15, -0.1) is 0 Å². The van der Waals surface area contributed by atoms with Gasteiger partial charge in [-0.05, 0) is 36.4 Å². The Morgan fingerprint density at radius 3 is 2.09 bits per heavy atom. The fourth-order valence-electron chi connectivity index (χ4n) is 1.90. The molecule has 0 unspecified atom stereocenters. The molecular weight excluding hydrogens is 320 g/mol. The minimum atomic E-state index is -3.80. The van der Waals surface area contributed by atoms with E-state index in [1.807, 2.05) is 0 Å². The second kappa shape index (κ2) is 6.59. The van der Waals surface area contributed by atoms with Crippen molar-refractivity contribution in [3.63, 3.8) is 0 Å². The molecule has 0 saturated carbocycles. The topological polar surface area (TPSA) is 116 Å². The van der Waals surface area contributed by atoms with Crippen molar-refractivity contribution in [1.82, 2.24) is 0 Å². The minimum absolute atomic E-state index is 0.0644. The van der Waals surface area contributed by atoms with Crippen LogP contribution in [0.15, 0.2) is 53.4 Å². The van der Waals surface area contributed by atoms with E-state index in [0.29, 0.717) is 5.69 Å². The van der Waals surface area contributed by atoms with Crippen molar-refractivity contribution < 1.29 is 22.7 Å². The van der Waals surface area contributed by atoms with Gasteiger partial charge in [-0.25, -0.2) is 18.4 Å². The highest BCUT2D eigenvalue weighted by atomic mass is 32.2. The number of carbonyl (C=O) groups excluding carboxylic acids is 2. The summed E-state index contributed by atoms with van der Waals surface area (Å²) in [6, 6.07) is 11.5. The van der Waals surface area contributed by atoms with Gasteiger partial charge in [0.15, 0.2) is 0 Å². The first-order valence-corrected chi connectivity index (χ1v) is 7.99. The molecule has 23 heavy (non-hydrogen) atoms. The number of carbonyl (C=O) groups is 2. The fraction of sp³-hybridized carbons (Fsp3) is 0.0667. The van der Waals surface area contributed by atoms with Crippen molar-refractivity contribution in [3.05, 3.63) is 59.7 Å². The van der Waals surface area contributed by atoms with Crippen LogP contribution in [0.25, 0.3) is 0 Å². The Morgan fingerprint density at radius 2 is 1.57 bits per heavy atom. The Morgan fingerprint density at radius 1 is 1.00 bits per heavy atom. The molecule has 0 heterocycles. The minimum Gasteiger partial charge on any atom is -0.465 e. The molecule has 2 rings (SSSR count). The molecule has 120 valence electrons. The van der Waals surface area contributed by atoms with Crippen LogP contribution in [0.2, 0.25) is 0 Å². The zero-order valence-electron chi connectivity index (χ0n) is 12.1. The molecule has 2 aromatic rings. The highest BCUT2D eigenvalue weighted by Gasteiger charge is 2.17. The van der Waals surface area contributed by atoms with Gasteiger partial charge in [0.25, 0.3) is 5.91 Å². The smallest absolute Gasteiger partial charge is 0.338 e. The van der Waals surface area contributed by atoms with Crippen LogP contribution >= 0.6 is 0 Å².